The third-order valence-corrected chi connectivity index (χ3v) is 1.73. The van der Waals surface area contributed by atoms with E-state index in [0.29, 0.717) is 5.84 Å². The van der Waals surface area contributed by atoms with Crippen molar-refractivity contribution in [3.05, 3.63) is 0 Å². The predicted molar refractivity (Wildman–Crippen MR) is 54.6 cm³/mol. The summed E-state index contributed by atoms with van der Waals surface area (Å²) in [5.74, 6) is 0.698. The maximum Gasteiger partial charge on any atom is 0.246 e. The van der Waals surface area contributed by atoms with Crippen molar-refractivity contribution < 1.29 is 4.79 Å². The zero-order chi connectivity index (χ0) is 10.6. The van der Waals surface area contributed by atoms with Gasteiger partial charge in [0.05, 0.1) is 5.84 Å². The standard InChI is InChI=1S/C9H19N3O/c1-6(2)8(10)11-7(3)9(13)12(4)5/h6-7H,1-5H3,(H2,10,11). The third kappa shape index (κ3) is 3.92. The molecule has 1 unspecified atom stereocenters. The molecular weight excluding hydrogens is 166 g/mol. The Morgan fingerprint density at radius 2 is 1.77 bits per heavy atom. The smallest absolute Gasteiger partial charge is 0.246 e. The quantitative estimate of drug-likeness (QED) is 0.513. The molecule has 76 valence electrons. The molecule has 0 aliphatic heterocycles. The molecule has 0 aromatic carbocycles. The highest BCUT2D eigenvalue weighted by atomic mass is 16.2. The Balaban J connectivity index is 4.37. The van der Waals surface area contributed by atoms with Gasteiger partial charge in [-0.05, 0) is 6.92 Å². The highest BCUT2D eigenvalue weighted by molar-refractivity contribution is 5.87. The van der Waals surface area contributed by atoms with E-state index in [4.69, 9.17) is 5.73 Å². The lowest BCUT2D eigenvalue weighted by molar-refractivity contribution is -0.129. The van der Waals surface area contributed by atoms with Crippen LogP contribution in [0.15, 0.2) is 4.99 Å². The van der Waals surface area contributed by atoms with Gasteiger partial charge in [0.2, 0.25) is 5.91 Å². The minimum Gasteiger partial charge on any atom is -0.387 e. The van der Waals surface area contributed by atoms with E-state index in [1.165, 1.54) is 4.90 Å². The number of hydrogen-bond acceptors (Lipinski definition) is 2. The second-order valence-corrected chi connectivity index (χ2v) is 3.62. The monoisotopic (exact) mass is 185 g/mol. The number of carbonyl (C=O) groups excluding carboxylic acids is 1. The normalized spacial score (nSPS) is 14.5. The number of hydrogen-bond donors (Lipinski definition) is 1. The zero-order valence-electron chi connectivity index (χ0n) is 9.03. The molecule has 13 heavy (non-hydrogen) atoms. The van der Waals surface area contributed by atoms with Crippen LogP contribution in [0.1, 0.15) is 20.8 Å². The minimum absolute atomic E-state index is 0.0244. The van der Waals surface area contributed by atoms with Crippen LogP contribution in [-0.2, 0) is 4.79 Å². The lowest BCUT2D eigenvalue weighted by atomic mass is 10.2. The van der Waals surface area contributed by atoms with E-state index >= 15 is 0 Å². The summed E-state index contributed by atoms with van der Waals surface area (Å²) in [6, 6.07) is -0.377. The van der Waals surface area contributed by atoms with Crippen LogP contribution in [0.2, 0.25) is 0 Å². The van der Waals surface area contributed by atoms with Gasteiger partial charge in [-0.25, -0.2) is 0 Å². The predicted octanol–water partition coefficient (Wildman–Crippen LogP) is 0.476. The molecule has 0 rings (SSSR count). The number of amides is 1. The van der Waals surface area contributed by atoms with E-state index in [1.807, 2.05) is 13.8 Å². The van der Waals surface area contributed by atoms with Gasteiger partial charge in [-0.1, -0.05) is 13.8 Å². The first-order valence-electron chi connectivity index (χ1n) is 4.40. The molecular formula is C9H19N3O. The Kier molecular flexibility index (Phi) is 4.45. The number of likely N-dealkylation sites (N-methyl/N-ethyl adjacent to an activating group) is 1. The molecule has 1 atom stereocenters. The molecule has 0 bridgehead atoms. The maximum atomic E-state index is 11.4. The van der Waals surface area contributed by atoms with Crippen LogP contribution in [-0.4, -0.2) is 36.8 Å². The summed E-state index contributed by atoms with van der Waals surface area (Å²) in [6.07, 6.45) is 0. The van der Waals surface area contributed by atoms with Crippen LogP contribution in [0.5, 0.6) is 0 Å². The first-order chi connectivity index (χ1) is 5.86. The Labute approximate surface area is 79.8 Å². The fourth-order valence-corrected chi connectivity index (χ4v) is 0.802. The van der Waals surface area contributed by atoms with E-state index in [1.54, 1.807) is 21.0 Å². The fourth-order valence-electron chi connectivity index (χ4n) is 0.802. The highest BCUT2D eigenvalue weighted by Crippen LogP contribution is 1.98. The van der Waals surface area contributed by atoms with Crippen molar-refractivity contribution >= 4 is 11.7 Å². The molecule has 2 N–H and O–H groups in total. The molecule has 0 aromatic heterocycles. The number of nitrogens with zero attached hydrogens (tertiary/aromatic N) is 2. The van der Waals surface area contributed by atoms with Gasteiger partial charge in [-0.2, -0.15) is 0 Å². The minimum atomic E-state index is -0.377. The topological polar surface area (TPSA) is 58.7 Å². The zero-order valence-corrected chi connectivity index (χ0v) is 9.03. The average Bonchev–Trinajstić information content (AvgIpc) is 2.02. The SMILES string of the molecule is CC(C)C(N)=NC(C)C(=O)N(C)C. The second-order valence-electron chi connectivity index (χ2n) is 3.62. The average molecular weight is 185 g/mol. The van der Waals surface area contributed by atoms with Crippen molar-refractivity contribution in [3.8, 4) is 0 Å². The highest BCUT2D eigenvalue weighted by Gasteiger charge is 2.14. The van der Waals surface area contributed by atoms with Gasteiger partial charge in [0, 0.05) is 20.0 Å². The third-order valence-electron chi connectivity index (χ3n) is 1.73. The van der Waals surface area contributed by atoms with Gasteiger partial charge in [0.25, 0.3) is 0 Å². The van der Waals surface area contributed by atoms with E-state index in [-0.39, 0.29) is 17.9 Å². The molecule has 4 heteroatoms. The van der Waals surface area contributed by atoms with Crippen LogP contribution in [0.25, 0.3) is 0 Å². The first-order valence-corrected chi connectivity index (χ1v) is 4.40. The summed E-state index contributed by atoms with van der Waals surface area (Å²) in [7, 11) is 3.42. The number of aliphatic imine (C=N–C) groups is 1. The van der Waals surface area contributed by atoms with Crippen LogP contribution in [0.4, 0.5) is 0 Å². The summed E-state index contributed by atoms with van der Waals surface area (Å²) in [5, 5.41) is 0. The van der Waals surface area contributed by atoms with Gasteiger partial charge in [-0.3, -0.25) is 9.79 Å². The van der Waals surface area contributed by atoms with E-state index in [9.17, 15) is 4.79 Å². The van der Waals surface area contributed by atoms with E-state index in [2.05, 4.69) is 4.99 Å². The molecule has 0 saturated heterocycles. The van der Waals surface area contributed by atoms with Crippen molar-refractivity contribution in [2.45, 2.75) is 26.8 Å². The number of amidine groups is 1. The molecule has 1 amide bonds. The molecule has 0 fully saturated rings. The summed E-state index contributed by atoms with van der Waals surface area (Å²) in [4.78, 5) is 17.0. The van der Waals surface area contributed by atoms with Gasteiger partial charge in [0.1, 0.15) is 6.04 Å². The van der Waals surface area contributed by atoms with Crippen molar-refractivity contribution in [2.24, 2.45) is 16.6 Å². The molecule has 0 spiro atoms. The van der Waals surface area contributed by atoms with Crippen LogP contribution < -0.4 is 5.73 Å². The Morgan fingerprint density at radius 1 is 1.31 bits per heavy atom. The van der Waals surface area contributed by atoms with Gasteiger partial charge in [-0.15, -0.1) is 0 Å². The van der Waals surface area contributed by atoms with Gasteiger partial charge < -0.3 is 10.6 Å². The van der Waals surface area contributed by atoms with Crippen molar-refractivity contribution in [1.29, 1.82) is 0 Å². The van der Waals surface area contributed by atoms with E-state index < -0.39 is 0 Å². The van der Waals surface area contributed by atoms with Gasteiger partial charge in [0.15, 0.2) is 0 Å². The molecule has 0 radical (unpaired) electrons. The largest absolute Gasteiger partial charge is 0.387 e. The number of carbonyl (C=O) groups is 1. The lowest BCUT2D eigenvalue weighted by Gasteiger charge is -2.14. The lowest BCUT2D eigenvalue weighted by Crippen LogP contribution is -2.33. The Morgan fingerprint density at radius 3 is 2.08 bits per heavy atom. The van der Waals surface area contributed by atoms with Gasteiger partial charge >= 0.3 is 0 Å². The van der Waals surface area contributed by atoms with Crippen molar-refractivity contribution in [3.63, 3.8) is 0 Å². The number of rotatable bonds is 3. The molecule has 0 aromatic rings. The number of nitrogens with two attached hydrogens (primary N) is 1. The Hall–Kier alpha value is -1.06. The molecule has 0 aliphatic carbocycles. The Bertz CT molecular complexity index is 209. The second kappa shape index (κ2) is 4.84. The first kappa shape index (κ1) is 11.9. The molecule has 0 saturated carbocycles. The molecule has 4 nitrogen and oxygen atoms in total. The van der Waals surface area contributed by atoms with Crippen LogP contribution in [0.3, 0.4) is 0 Å². The fraction of sp³-hybridized carbons (Fsp3) is 0.778. The van der Waals surface area contributed by atoms with Crippen LogP contribution >= 0.6 is 0 Å². The van der Waals surface area contributed by atoms with Crippen LogP contribution in [0, 0.1) is 5.92 Å². The summed E-state index contributed by atoms with van der Waals surface area (Å²) >= 11 is 0. The van der Waals surface area contributed by atoms with E-state index in [0.717, 1.165) is 0 Å². The molecule has 0 heterocycles. The molecule has 0 aliphatic rings. The summed E-state index contributed by atoms with van der Waals surface area (Å²) < 4.78 is 0. The summed E-state index contributed by atoms with van der Waals surface area (Å²) in [6.45, 7) is 5.65. The maximum absolute atomic E-state index is 11.4. The van der Waals surface area contributed by atoms with Crippen molar-refractivity contribution in [2.75, 3.05) is 14.1 Å². The summed E-state index contributed by atoms with van der Waals surface area (Å²) in [5.41, 5.74) is 5.63. The van der Waals surface area contributed by atoms with Crippen molar-refractivity contribution in [1.82, 2.24) is 4.90 Å².